The minimum atomic E-state index is -1.21. The van der Waals surface area contributed by atoms with Crippen molar-refractivity contribution in [1.29, 1.82) is 0 Å². The lowest BCUT2D eigenvalue weighted by atomic mass is 10.4. The van der Waals surface area contributed by atoms with Gasteiger partial charge >= 0.3 is 5.97 Å². The topological polar surface area (TPSA) is 70.4 Å². The van der Waals surface area contributed by atoms with Crippen molar-refractivity contribution in [3.8, 4) is 5.88 Å². The summed E-state index contributed by atoms with van der Waals surface area (Å²) in [6, 6.07) is 0. The van der Waals surface area contributed by atoms with E-state index in [9.17, 15) is 4.79 Å². The lowest BCUT2D eigenvalue weighted by Gasteiger charge is -1.87. The van der Waals surface area contributed by atoms with Crippen molar-refractivity contribution in [2.24, 2.45) is 0 Å². The summed E-state index contributed by atoms with van der Waals surface area (Å²) >= 11 is 4.62. The highest BCUT2D eigenvalue weighted by molar-refractivity contribution is 7.82. The van der Waals surface area contributed by atoms with Crippen LogP contribution in [0.25, 0.3) is 0 Å². The van der Waals surface area contributed by atoms with Crippen LogP contribution in [0.1, 0.15) is 10.4 Å². The quantitative estimate of drug-likeness (QED) is 0.556. The Morgan fingerprint density at radius 2 is 2.30 bits per heavy atom. The maximum absolute atomic E-state index is 10.3. The Hall–Kier alpha value is -0.750. The highest BCUT2D eigenvalue weighted by Gasteiger charge is 2.16. The van der Waals surface area contributed by atoms with E-state index in [-0.39, 0.29) is 9.77 Å². The van der Waals surface area contributed by atoms with E-state index in [1.807, 2.05) is 0 Å². The van der Waals surface area contributed by atoms with Crippen molar-refractivity contribution in [2.45, 2.75) is 4.21 Å². The minimum Gasteiger partial charge on any atom is -0.492 e. The van der Waals surface area contributed by atoms with E-state index in [0.29, 0.717) is 0 Å². The number of aromatic nitrogens is 1. The maximum Gasteiger partial charge on any atom is 0.343 e. The second-order valence-electron chi connectivity index (χ2n) is 1.49. The zero-order valence-electron chi connectivity index (χ0n) is 4.61. The number of rotatable bonds is 1. The maximum atomic E-state index is 10.3. The third kappa shape index (κ3) is 1.07. The van der Waals surface area contributed by atoms with Crippen molar-refractivity contribution in [2.75, 3.05) is 0 Å². The normalized spacial score (nSPS) is 9.70. The van der Waals surface area contributed by atoms with Gasteiger partial charge in [-0.15, -0.1) is 12.6 Å². The fourth-order valence-corrected chi connectivity index (χ4v) is 1.31. The molecule has 0 aromatic carbocycles. The second-order valence-corrected chi connectivity index (χ2v) is 3.01. The summed E-state index contributed by atoms with van der Waals surface area (Å²) in [6.45, 7) is 0. The Kier molecular flexibility index (Phi) is 1.82. The van der Waals surface area contributed by atoms with E-state index in [1.165, 1.54) is 0 Å². The first-order valence-electron chi connectivity index (χ1n) is 2.24. The lowest BCUT2D eigenvalue weighted by molar-refractivity contribution is 0.0690. The smallest absolute Gasteiger partial charge is 0.343 e. The molecule has 0 saturated heterocycles. The average Bonchev–Trinajstić information content (AvgIpc) is 2.11. The number of aromatic hydroxyl groups is 1. The van der Waals surface area contributed by atoms with Crippen molar-refractivity contribution < 1.29 is 15.0 Å². The molecule has 0 radical (unpaired) electrons. The molecular formula is C4H3NO3S2. The number of aromatic carboxylic acids is 1. The molecule has 6 heteroatoms. The van der Waals surface area contributed by atoms with Crippen LogP contribution in [-0.4, -0.2) is 20.6 Å². The van der Waals surface area contributed by atoms with Crippen LogP contribution in [0.5, 0.6) is 5.88 Å². The molecule has 4 nitrogen and oxygen atoms in total. The monoisotopic (exact) mass is 177 g/mol. The molecule has 1 aromatic rings. The van der Waals surface area contributed by atoms with Gasteiger partial charge in [0.15, 0.2) is 0 Å². The predicted molar refractivity (Wildman–Crippen MR) is 38.0 cm³/mol. The van der Waals surface area contributed by atoms with Crippen LogP contribution in [0.15, 0.2) is 4.21 Å². The summed E-state index contributed by atoms with van der Waals surface area (Å²) in [5.41, 5.74) is -0.228. The fraction of sp³-hybridized carbons (Fsp3) is 0. The molecule has 1 aromatic heterocycles. The summed E-state index contributed by atoms with van der Waals surface area (Å²) in [4.78, 5) is 10.3. The molecule has 0 aliphatic rings. The van der Waals surface area contributed by atoms with Gasteiger partial charge in [0.2, 0.25) is 5.88 Å². The van der Waals surface area contributed by atoms with Crippen molar-refractivity contribution in [1.82, 2.24) is 4.37 Å². The van der Waals surface area contributed by atoms with E-state index in [0.717, 1.165) is 11.5 Å². The molecule has 0 aliphatic heterocycles. The first kappa shape index (κ1) is 7.36. The highest BCUT2D eigenvalue weighted by Crippen LogP contribution is 2.26. The number of carbonyl (C=O) groups is 1. The van der Waals surface area contributed by atoms with Crippen LogP contribution < -0.4 is 0 Å². The van der Waals surface area contributed by atoms with E-state index in [2.05, 4.69) is 17.0 Å². The SMILES string of the molecule is O=C(O)c1c(O)nsc1S. The van der Waals surface area contributed by atoms with Crippen LogP contribution in [0, 0.1) is 0 Å². The van der Waals surface area contributed by atoms with E-state index in [1.54, 1.807) is 0 Å². The van der Waals surface area contributed by atoms with Crippen molar-refractivity contribution in [3.63, 3.8) is 0 Å². The Labute approximate surface area is 65.7 Å². The van der Waals surface area contributed by atoms with Crippen LogP contribution in [0.4, 0.5) is 0 Å². The standard InChI is InChI=1S/C4H3NO3S2/c6-2-1(3(7)8)4(9)10-5-2/h9H,(H,5,6)(H,7,8). The van der Waals surface area contributed by atoms with Crippen LogP contribution in [0.3, 0.4) is 0 Å². The van der Waals surface area contributed by atoms with E-state index < -0.39 is 11.8 Å². The highest BCUT2D eigenvalue weighted by atomic mass is 32.2. The molecule has 0 amide bonds. The van der Waals surface area contributed by atoms with E-state index in [4.69, 9.17) is 10.2 Å². The number of carboxylic acids is 1. The van der Waals surface area contributed by atoms with Gasteiger partial charge in [-0.1, -0.05) is 0 Å². The van der Waals surface area contributed by atoms with Gasteiger partial charge in [0, 0.05) is 0 Å². The Balaban J connectivity index is 3.23. The fourth-order valence-electron chi connectivity index (χ4n) is 0.461. The lowest BCUT2D eigenvalue weighted by Crippen LogP contribution is -1.94. The van der Waals surface area contributed by atoms with Crippen LogP contribution >= 0.6 is 24.2 Å². The molecule has 0 unspecified atom stereocenters. The van der Waals surface area contributed by atoms with Gasteiger partial charge in [0.25, 0.3) is 0 Å². The van der Waals surface area contributed by atoms with Gasteiger partial charge in [-0.2, -0.15) is 4.37 Å². The van der Waals surface area contributed by atoms with E-state index >= 15 is 0 Å². The number of hydrogen-bond acceptors (Lipinski definition) is 5. The molecule has 0 spiro atoms. The molecule has 1 rings (SSSR count). The number of hydrogen-bond donors (Lipinski definition) is 3. The summed E-state index contributed by atoms with van der Waals surface area (Å²) in [6.07, 6.45) is 0. The van der Waals surface area contributed by atoms with Crippen molar-refractivity contribution >= 4 is 30.1 Å². The number of thiol groups is 1. The summed E-state index contributed by atoms with van der Waals surface area (Å²) in [5, 5.41) is 17.2. The second kappa shape index (κ2) is 2.47. The molecule has 0 fully saturated rings. The van der Waals surface area contributed by atoms with Gasteiger partial charge in [-0.3, -0.25) is 0 Å². The minimum absolute atomic E-state index is 0.213. The zero-order chi connectivity index (χ0) is 7.72. The molecule has 0 saturated carbocycles. The molecule has 54 valence electrons. The van der Waals surface area contributed by atoms with Gasteiger partial charge in [-0.05, 0) is 11.5 Å². The number of nitrogens with zero attached hydrogens (tertiary/aromatic N) is 1. The third-order valence-corrected chi connectivity index (χ3v) is 1.98. The first-order chi connectivity index (χ1) is 4.63. The molecule has 0 atom stereocenters. The van der Waals surface area contributed by atoms with Gasteiger partial charge in [0.05, 0.1) is 4.21 Å². The molecule has 10 heavy (non-hydrogen) atoms. The Morgan fingerprint density at radius 3 is 2.50 bits per heavy atom. The van der Waals surface area contributed by atoms with Crippen LogP contribution in [0.2, 0.25) is 0 Å². The molecular weight excluding hydrogens is 174 g/mol. The molecule has 0 aliphatic carbocycles. The molecule has 0 bridgehead atoms. The average molecular weight is 177 g/mol. The predicted octanol–water partition coefficient (Wildman–Crippen LogP) is 0.836. The summed E-state index contributed by atoms with van der Waals surface area (Å²) < 4.78 is 3.59. The van der Waals surface area contributed by atoms with Gasteiger partial charge in [-0.25, -0.2) is 4.79 Å². The zero-order valence-corrected chi connectivity index (χ0v) is 6.32. The Bertz CT molecular complexity index is 250. The Morgan fingerprint density at radius 1 is 1.70 bits per heavy atom. The van der Waals surface area contributed by atoms with Gasteiger partial charge in [0.1, 0.15) is 5.56 Å². The number of carboxylic acid groups (broad SMARTS) is 1. The molecule has 2 N–H and O–H groups in total. The largest absolute Gasteiger partial charge is 0.492 e. The third-order valence-electron chi connectivity index (χ3n) is 0.870. The van der Waals surface area contributed by atoms with Crippen molar-refractivity contribution in [3.05, 3.63) is 5.56 Å². The van der Waals surface area contributed by atoms with Crippen LogP contribution in [-0.2, 0) is 0 Å². The summed E-state index contributed by atoms with van der Waals surface area (Å²) in [7, 11) is 0. The van der Waals surface area contributed by atoms with Gasteiger partial charge < -0.3 is 10.2 Å². The summed E-state index contributed by atoms with van der Waals surface area (Å²) in [5.74, 6) is -1.68. The molecule has 1 heterocycles. The first-order valence-corrected chi connectivity index (χ1v) is 3.46.